The number of rotatable bonds is 10. The molecule has 1 amide bonds. The summed E-state index contributed by atoms with van der Waals surface area (Å²) in [5.41, 5.74) is 5.29. The average Bonchev–Trinajstić information content (AvgIpc) is 2.86. The lowest BCUT2D eigenvalue weighted by molar-refractivity contribution is -0.123. The van der Waals surface area contributed by atoms with Crippen molar-refractivity contribution in [3.05, 3.63) is 59.8 Å². The van der Waals surface area contributed by atoms with Gasteiger partial charge >= 0.3 is 0 Å². The van der Waals surface area contributed by atoms with Crippen molar-refractivity contribution < 1.29 is 14.3 Å². The molecule has 0 bridgehead atoms. The fourth-order valence-electron chi connectivity index (χ4n) is 5.00. The van der Waals surface area contributed by atoms with Crippen molar-refractivity contribution in [3.8, 4) is 16.9 Å². The van der Waals surface area contributed by atoms with E-state index in [4.69, 9.17) is 14.5 Å². The van der Waals surface area contributed by atoms with Gasteiger partial charge in [-0.1, -0.05) is 38.1 Å². The van der Waals surface area contributed by atoms with Gasteiger partial charge in [-0.05, 0) is 61.8 Å². The van der Waals surface area contributed by atoms with Gasteiger partial charge < -0.3 is 19.7 Å². The zero-order chi connectivity index (χ0) is 26.4. The Balaban J connectivity index is 1.55. The number of fused-ring (bicyclic) bond motifs is 1. The van der Waals surface area contributed by atoms with Crippen LogP contribution in [0.25, 0.3) is 22.0 Å². The van der Waals surface area contributed by atoms with E-state index < -0.39 is 0 Å². The highest BCUT2D eigenvalue weighted by molar-refractivity contribution is 5.94. The van der Waals surface area contributed by atoms with E-state index in [-0.39, 0.29) is 17.9 Å². The van der Waals surface area contributed by atoms with Crippen LogP contribution in [0.4, 0.5) is 0 Å². The monoisotopic (exact) mass is 504 g/mol. The molecule has 0 unspecified atom stereocenters. The van der Waals surface area contributed by atoms with Gasteiger partial charge in [0, 0.05) is 49.4 Å². The largest absolute Gasteiger partial charge is 0.483 e. The molecule has 1 N–H and O–H groups in total. The molecule has 0 aliphatic carbocycles. The summed E-state index contributed by atoms with van der Waals surface area (Å²) in [4.78, 5) is 21.8. The number of aromatic nitrogens is 1. The number of aryl methyl sites for hydroxylation is 1. The quantitative estimate of drug-likeness (QED) is 0.448. The molecular weight excluding hydrogens is 464 g/mol. The molecule has 1 fully saturated rings. The molecule has 0 spiro atoms. The highest BCUT2D eigenvalue weighted by atomic mass is 16.5. The summed E-state index contributed by atoms with van der Waals surface area (Å²) in [6, 6.07) is 16.7. The fraction of sp³-hybridized carbons (Fsp3) is 0.467. The molecule has 2 aromatic carbocycles. The summed E-state index contributed by atoms with van der Waals surface area (Å²) in [5.74, 6) is 0.636. The van der Waals surface area contributed by atoms with Crippen LogP contribution in [0, 0.1) is 12.3 Å². The number of nitrogens with one attached hydrogen (secondary N) is 1. The van der Waals surface area contributed by atoms with Crippen LogP contribution in [0.1, 0.15) is 25.1 Å². The van der Waals surface area contributed by atoms with E-state index in [0.29, 0.717) is 6.54 Å². The maximum absolute atomic E-state index is 12.6. The Bertz CT molecular complexity index is 1220. The van der Waals surface area contributed by atoms with E-state index in [1.54, 1.807) is 0 Å². The van der Waals surface area contributed by atoms with Crippen molar-refractivity contribution in [1.29, 1.82) is 0 Å². The average molecular weight is 505 g/mol. The molecule has 7 nitrogen and oxygen atoms in total. The Labute approximate surface area is 220 Å². The van der Waals surface area contributed by atoms with E-state index in [1.165, 1.54) is 0 Å². The molecule has 7 heteroatoms. The fourth-order valence-corrected chi connectivity index (χ4v) is 5.00. The van der Waals surface area contributed by atoms with Gasteiger partial charge in [0.1, 0.15) is 5.75 Å². The zero-order valence-electron chi connectivity index (χ0n) is 22.8. The smallest absolute Gasteiger partial charge is 0.257 e. The first-order valence-electron chi connectivity index (χ1n) is 13.0. The van der Waals surface area contributed by atoms with Crippen LogP contribution >= 0.6 is 0 Å². The molecule has 198 valence electrons. The summed E-state index contributed by atoms with van der Waals surface area (Å²) in [6.07, 6.45) is 0. The minimum Gasteiger partial charge on any atom is -0.483 e. The molecule has 1 aromatic heterocycles. The summed E-state index contributed by atoms with van der Waals surface area (Å²) in [5, 5.41) is 4.16. The topological polar surface area (TPSA) is 66.9 Å². The Kier molecular flexibility index (Phi) is 8.79. The van der Waals surface area contributed by atoms with E-state index in [0.717, 1.165) is 78.4 Å². The number of hydrogen-bond donors (Lipinski definition) is 1. The number of amides is 1. The number of nitrogens with zero attached hydrogens (tertiary/aromatic N) is 3. The third-order valence-electron chi connectivity index (χ3n) is 6.58. The lowest BCUT2D eigenvalue weighted by atomic mass is 9.93. The maximum Gasteiger partial charge on any atom is 0.257 e. The molecule has 0 atom stereocenters. The van der Waals surface area contributed by atoms with Crippen molar-refractivity contribution >= 4 is 16.8 Å². The third-order valence-corrected chi connectivity index (χ3v) is 6.58. The van der Waals surface area contributed by atoms with Crippen LogP contribution < -0.4 is 10.1 Å². The molecule has 37 heavy (non-hydrogen) atoms. The number of carbonyl (C=O) groups is 1. The van der Waals surface area contributed by atoms with Gasteiger partial charge in [0.05, 0.1) is 18.7 Å². The third kappa shape index (κ3) is 7.51. The van der Waals surface area contributed by atoms with Gasteiger partial charge in [0.25, 0.3) is 5.91 Å². The minimum atomic E-state index is -0.107. The van der Waals surface area contributed by atoms with E-state index in [2.05, 4.69) is 59.3 Å². The predicted octanol–water partition coefficient (Wildman–Crippen LogP) is 4.13. The summed E-state index contributed by atoms with van der Waals surface area (Å²) in [6.45, 7) is 11.8. The lowest BCUT2D eigenvalue weighted by Crippen LogP contribution is -2.41. The maximum atomic E-state index is 12.6. The van der Waals surface area contributed by atoms with Crippen molar-refractivity contribution in [2.24, 2.45) is 5.41 Å². The number of carbonyl (C=O) groups excluding carboxylic acids is 1. The first kappa shape index (κ1) is 27.0. The van der Waals surface area contributed by atoms with Gasteiger partial charge in [-0.2, -0.15) is 0 Å². The number of benzene rings is 2. The second kappa shape index (κ2) is 12.0. The second-order valence-electron chi connectivity index (χ2n) is 11.0. The van der Waals surface area contributed by atoms with E-state index >= 15 is 0 Å². The van der Waals surface area contributed by atoms with Crippen LogP contribution in [-0.2, 0) is 16.1 Å². The molecule has 2 heterocycles. The van der Waals surface area contributed by atoms with Gasteiger partial charge in [0.2, 0.25) is 0 Å². The first-order chi connectivity index (χ1) is 17.7. The number of morpholine rings is 1. The first-order valence-corrected chi connectivity index (χ1v) is 13.0. The highest BCUT2D eigenvalue weighted by Crippen LogP contribution is 2.33. The van der Waals surface area contributed by atoms with Crippen molar-refractivity contribution in [3.63, 3.8) is 0 Å². The minimum absolute atomic E-state index is 0.00913. The van der Waals surface area contributed by atoms with Crippen LogP contribution in [0.3, 0.4) is 0 Å². The number of para-hydroxylation sites is 1. The van der Waals surface area contributed by atoms with Gasteiger partial charge in [0.15, 0.2) is 6.61 Å². The molecule has 0 radical (unpaired) electrons. The molecule has 0 saturated carbocycles. The van der Waals surface area contributed by atoms with E-state index in [1.807, 2.05) is 39.2 Å². The van der Waals surface area contributed by atoms with Crippen LogP contribution in [0.15, 0.2) is 48.5 Å². The van der Waals surface area contributed by atoms with Gasteiger partial charge in [-0.25, -0.2) is 0 Å². The molecule has 1 aliphatic rings. The predicted molar refractivity (Wildman–Crippen MR) is 149 cm³/mol. The number of pyridine rings is 1. The molecule has 1 aliphatic heterocycles. The summed E-state index contributed by atoms with van der Waals surface area (Å²) < 4.78 is 11.6. The standard InChI is InChI=1S/C30H40N4O3/c1-22-16-26(25-8-6-7-9-27(25)32-22)23-10-11-28(24(17-23)18-34-12-14-36-15-13-34)37-19-29(35)31-20-30(2,3)21-33(4)5/h6-11,16-17H,12-15,18-21H2,1-5H3,(H,31,35). The Morgan fingerprint density at radius 1 is 1.14 bits per heavy atom. The normalized spacial score (nSPS) is 14.8. The molecule has 3 aromatic rings. The van der Waals surface area contributed by atoms with Crippen molar-refractivity contribution in [2.75, 3.05) is 60.1 Å². The number of ether oxygens (including phenoxy) is 2. The lowest BCUT2D eigenvalue weighted by Gasteiger charge is -2.28. The summed E-state index contributed by atoms with van der Waals surface area (Å²) >= 11 is 0. The van der Waals surface area contributed by atoms with Gasteiger partial charge in [-0.15, -0.1) is 0 Å². The Morgan fingerprint density at radius 3 is 2.65 bits per heavy atom. The SMILES string of the molecule is Cc1cc(-c2ccc(OCC(=O)NCC(C)(C)CN(C)C)c(CN3CCOCC3)c2)c2ccccc2n1. The van der Waals surface area contributed by atoms with Crippen molar-refractivity contribution in [1.82, 2.24) is 20.1 Å². The van der Waals surface area contributed by atoms with Crippen LogP contribution in [0.2, 0.25) is 0 Å². The Morgan fingerprint density at radius 2 is 1.89 bits per heavy atom. The van der Waals surface area contributed by atoms with Gasteiger partial charge in [-0.3, -0.25) is 14.7 Å². The van der Waals surface area contributed by atoms with Crippen LogP contribution in [0.5, 0.6) is 5.75 Å². The highest BCUT2D eigenvalue weighted by Gasteiger charge is 2.21. The molecular formula is C30H40N4O3. The van der Waals surface area contributed by atoms with Crippen molar-refractivity contribution in [2.45, 2.75) is 27.3 Å². The van der Waals surface area contributed by atoms with E-state index in [9.17, 15) is 4.79 Å². The second-order valence-corrected chi connectivity index (χ2v) is 11.0. The molecule has 4 rings (SSSR count). The molecule has 1 saturated heterocycles. The van der Waals surface area contributed by atoms with Crippen LogP contribution in [-0.4, -0.2) is 80.8 Å². The Hall–Kier alpha value is -3.00. The zero-order valence-corrected chi connectivity index (χ0v) is 22.8. The number of hydrogen-bond acceptors (Lipinski definition) is 6. The summed E-state index contributed by atoms with van der Waals surface area (Å²) in [7, 11) is 4.09.